The Morgan fingerprint density at radius 1 is 1.22 bits per heavy atom. The topological polar surface area (TPSA) is 51.1 Å². The van der Waals surface area contributed by atoms with Crippen LogP contribution in [0.2, 0.25) is 5.02 Å². The Morgan fingerprint density at radius 2 is 2.04 bits per heavy atom. The minimum Gasteiger partial charge on any atom is -0.390 e. The number of fused-ring (bicyclic) bond motifs is 1. The Kier molecular flexibility index (Phi) is 5.09. The van der Waals surface area contributed by atoms with Gasteiger partial charge in [0, 0.05) is 6.54 Å². The van der Waals surface area contributed by atoms with Gasteiger partial charge in [-0.05, 0) is 17.7 Å². The molecule has 2 atom stereocenters. The average Bonchev–Trinajstić information content (AvgIpc) is 3.24. The molecular weight excluding hydrogens is 371 g/mol. The van der Waals surface area contributed by atoms with Crippen LogP contribution in [0.3, 0.4) is 0 Å². The number of nitrogens with zero attached hydrogens (tertiary/aromatic N) is 2. The first-order chi connectivity index (χ1) is 13.1. The molecule has 2 aromatic carbocycles. The van der Waals surface area contributed by atoms with E-state index in [2.05, 4.69) is 5.16 Å². The fourth-order valence-electron chi connectivity index (χ4n) is 3.43. The van der Waals surface area contributed by atoms with Gasteiger partial charge >= 0.3 is 0 Å². The van der Waals surface area contributed by atoms with E-state index in [9.17, 15) is 9.18 Å². The third-order valence-corrected chi connectivity index (χ3v) is 5.13. The Balaban J connectivity index is 1.37. The fourth-order valence-corrected chi connectivity index (χ4v) is 3.69. The number of amides is 1. The highest BCUT2D eigenvalue weighted by Crippen LogP contribution is 2.33. The monoisotopic (exact) mass is 388 g/mol. The highest BCUT2D eigenvalue weighted by Gasteiger charge is 2.45. The molecule has 0 aromatic heterocycles. The standard InChI is InChI=1S/C20H18ClFN2O3/c21-15-7-4-8-16(22)19(15)20-14-9-24(10-17(14)27-23-20)18(25)12-26-11-13-5-2-1-3-6-13/h1-8,14,17H,9-12H2. The first-order valence-corrected chi connectivity index (χ1v) is 9.09. The lowest BCUT2D eigenvalue weighted by Gasteiger charge is -2.17. The highest BCUT2D eigenvalue weighted by atomic mass is 35.5. The molecule has 2 aromatic rings. The molecule has 0 aliphatic carbocycles. The van der Waals surface area contributed by atoms with Crippen molar-refractivity contribution in [1.82, 2.24) is 4.90 Å². The fraction of sp³-hybridized carbons (Fsp3) is 0.300. The second kappa shape index (κ2) is 7.66. The predicted octanol–water partition coefficient (Wildman–Crippen LogP) is 3.26. The maximum absolute atomic E-state index is 14.2. The maximum Gasteiger partial charge on any atom is 0.248 e. The van der Waals surface area contributed by atoms with Crippen molar-refractivity contribution in [3.63, 3.8) is 0 Å². The molecule has 5 nitrogen and oxygen atoms in total. The van der Waals surface area contributed by atoms with Crippen LogP contribution in [0.15, 0.2) is 53.7 Å². The van der Waals surface area contributed by atoms with Crippen molar-refractivity contribution >= 4 is 23.2 Å². The Labute approximate surface area is 161 Å². The maximum atomic E-state index is 14.2. The molecule has 2 heterocycles. The molecule has 4 rings (SSSR count). The van der Waals surface area contributed by atoms with Crippen molar-refractivity contribution in [2.24, 2.45) is 11.1 Å². The van der Waals surface area contributed by atoms with Crippen LogP contribution in [0, 0.1) is 11.7 Å². The molecule has 7 heteroatoms. The van der Waals surface area contributed by atoms with Crippen molar-refractivity contribution in [1.29, 1.82) is 0 Å². The van der Waals surface area contributed by atoms with Crippen LogP contribution in [-0.4, -0.2) is 42.3 Å². The highest BCUT2D eigenvalue weighted by molar-refractivity contribution is 6.34. The van der Waals surface area contributed by atoms with Gasteiger partial charge in [0.2, 0.25) is 5.91 Å². The molecule has 140 valence electrons. The van der Waals surface area contributed by atoms with Crippen molar-refractivity contribution in [3.8, 4) is 0 Å². The van der Waals surface area contributed by atoms with Gasteiger partial charge < -0.3 is 14.5 Å². The normalized spacial score (nSPS) is 21.0. The van der Waals surface area contributed by atoms with Gasteiger partial charge in [-0.2, -0.15) is 0 Å². The molecule has 1 fully saturated rings. The average molecular weight is 389 g/mol. The van der Waals surface area contributed by atoms with E-state index in [4.69, 9.17) is 21.2 Å². The summed E-state index contributed by atoms with van der Waals surface area (Å²) in [7, 11) is 0. The second-order valence-electron chi connectivity index (χ2n) is 6.60. The van der Waals surface area contributed by atoms with E-state index in [0.29, 0.717) is 25.4 Å². The Bertz CT molecular complexity index is 855. The van der Waals surface area contributed by atoms with Crippen molar-refractivity contribution in [2.75, 3.05) is 19.7 Å². The lowest BCUT2D eigenvalue weighted by molar-refractivity contribution is -0.136. The summed E-state index contributed by atoms with van der Waals surface area (Å²) in [6.45, 7) is 1.17. The zero-order valence-corrected chi connectivity index (χ0v) is 15.2. The molecule has 1 amide bonds. The summed E-state index contributed by atoms with van der Waals surface area (Å²) in [5.74, 6) is -0.762. The first-order valence-electron chi connectivity index (χ1n) is 8.71. The van der Waals surface area contributed by atoms with Crippen LogP contribution in [0.1, 0.15) is 11.1 Å². The summed E-state index contributed by atoms with van der Waals surface area (Å²) in [5.41, 5.74) is 1.72. The molecule has 0 spiro atoms. The van der Waals surface area contributed by atoms with Gasteiger partial charge in [-0.25, -0.2) is 4.39 Å². The molecular formula is C20H18ClFN2O3. The number of ether oxygens (including phenoxy) is 1. The molecule has 0 radical (unpaired) electrons. The molecule has 0 saturated carbocycles. The molecule has 27 heavy (non-hydrogen) atoms. The zero-order chi connectivity index (χ0) is 18.8. The summed E-state index contributed by atoms with van der Waals surface area (Å²) >= 11 is 6.15. The molecule has 1 saturated heterocycles. The lowest BCUT2D eigenvalue weighted by atomic mass is 9.94. The van der Waals surface area contributed by atoms with E-state index in [1.165, 1.54) is 6.07 Å². The Morgan fingerprint density at radius 3 is 2.81 bits per heavy atom. The molecule has 2 aliphatic rings. The number of benzene rings is 2. The summed E-state index contributed by atoms with van der Waals surface area (Å²) in [5, 5.41) is 4.32. The van der Waals surface area contributed by atoms with Crippen LogP contribution >= 0.6 is 11.6 Å². The number of hydrogen-bond donors (Lipinski definition) is 0. The smallest absolute Gasteiger partial charge is 0.248 e. The zero-order valence-electron chi connectivity index (χ0n) is 14.5. The number of halogens is 2. The second-order valence-corrected chi connectivity index (χ2v) is 7.01. The van der Waals surface area contributed by atoms with Gasteiger partial charge in [0.1, 0.15) is 18.1 Å². The van der Waals surface area contributed by atoms with Gasteiger partial charge in [-0.3, -0.25) is 4.79 Å². The molecule has 0 bridgehead atoms. The van der Waals surface area contributed by atoms with Gasteiger partial charge in [0.15, 0.2) is 6.10 Å². The molecule has 0 N–H and O–H groups in total. The number of carbonyl (C=O) groups is 1. The van der Waals surface area contributed by atoms with Crippen molar-refractivity contribution in [2.45, 2.75) is 12.7 Å². The van der Waals surface area contributed by atoms with E-state index in [-0.39, 0.29) is 35.1 Å². The van der Waals surface area contributed by atoms with Crippen LogP contribution in [-0.2, 0) is 21.0 Å². The van der Waals surface area contributed by atoms with Crippen LogP contribution in [0.4, 0.5) is 4.39 Å². The van der Waals surface area contributed by atoms with Gasteiger partial charge in [0.05, 0.1) is 29.7 Å². The van der Waals surface area contributed by atoms with Gasteiger partial charge in [0.25, 0.3) is 0 Å². The van der Waals surface area contributed by atoms with Crippen LogP contribution < -0.4 is 0 Å². The number of hydrogen-bond acceptors (Lipinski definition) is 4. The quantitative estimate of drug-likeness (QED) is 0.790. The largest absolute Gasteiger partial charge is 0.390 e. The number of carbonyl (C=O) groups excluding carboxylic acids is 1. The predicted molar refractivity (Wildman–Crippen MR) is 99.0 cm³/mol. The third-order valence-electron chi connectivity index (χ3n) is 4.81. The third kappa shape index (κ3) is 3.68. The molecule has 2 unspecified atom stereocenters. The van der Waals surface area contributed by atoms with Crippen molar-refractivity contribution in [3.05, 3.63) is 70.5 Å². The number of rotatable bonds is 5. The number of oxime groups is 1. The minimum absolute atomic E-state index is 0.0126. The minimum atomic E-state index is -0.443. The first kappa shape index (κ1) is 17.9. The lowest BCUT2D eigenvalue weighted by Crippen LogP contribution is -2.33. The number of likely N-dealkylation sites (tertiary alicyclic amines) is 1. The summed E-state index contributed by atoms with van der Waals surface area (Å²) in [4.78, 5) is 19.6. The van der Waals surface area contributed by atoms with Gasteiger partial charge in [-0.15, -0.1) is 0 Å². The van der Waals surface area contributed by atoms with Crippen LogP contribution in [0.5, 0.6) is 0 Å². The van der Waals surface area contributed by atoms with Crippen molar-refractivity contribution < 1.29 is 18.8 Å². The Hall–Kier alpha value is -2.44. The summed E-state index contributed by atoms with van der Waals surface area (Å²) < 4.78 is 19.7. The van der Waals surface area contributed by atoms with E-state index < -0.39 is 5.82 Å². The van der Waals surface area contributed by atoms with E-state index >= 15 is 0 Å². The van der Waals surface area contributed by atoms with E-state index in [1.807, 2.05) is 30.3 Å². The van der Waals surface area contributed by atoms with E-state index in [1.54, 1.807) is 17.0 Å². The SMILES string of the molecule is O=C(COCc1ccccc1)N1CC2ON=C(c3c(F)cccc3Cl)C2C1. The molecule has 2 aliphatic heterocycles. The van der Waals surface area contributed by atoms with Crippen LogP contribution in [0.25, 0.3) is 0 Å². The summed E-state index contributed by atoms with van der Waals surface area (Å²) in [6, 6.07) is 14.2. The summed E-state index contributed by atoms with van der Waals surface area (Å²) in [6.07, 6.45) is -0.284. The van der Waals surface area contributed by atoms with E-state index in [0.717, 1.165) is 5.56 Å². The van der Waals surface area contributed by atoms with Gasteiger partial charge in [-0.1, -0.05) is 53.2 Å².